The molecular formula is C12H14BrN3. The first-order valence-electron chi connectivity index (χ1n) is 5.22. The highest BCUT2D eigenvalue weighted by molar-refractivity contribution is 9.10. The van der Waals surface area contributed by atoms with Crippen molar-refractivity contribution in [3.63, 3.8) is 0 Å². The molecule has 0 bridgehead atoms. The van der Waals surface area contributed by atoms with E-state index in [4.69, 9.17) is 0 Å². The molecule has 1 N–H and O–H groups in total. The topological polar surface area (TPSA) is 29.9 Å². The molecule has 4 heteroatoms. The van der Waals surface area contributed by atoms with Crippen molar-refractivity contribution in [3.8, 4) is 0 Å². The van der Waals surface area contributed by atoms with Crippen molar-refractivity contribution in [2.75, 3.05) is 11.9 Å². The van der Waals surface area contributed by atoms with Crippen LogP contribution in [0.15, 0.2) is 41.0 Å². The molecule has 16 heavy (non-hydrogen) atoms. The normalized spacial score (nSPS) is 10.4. The number of aryl methyl sites for hydroxylation is 1. The van der Waals surface area contributed by atoms with Crippen LogP contribution in [0.1, 0.15) is 5.69 Å². The first kappa shape index (κ1) is 11.2. The van der Waals surface area contributed by atoms with Gasteiger partial charge in [0.15, 0.2) is 0 Å². The summed E-state index contributed by atoms with van der Waals surface area (Å²) in [6.45, 7) is 0.913. The van der Waals surface area contributed by atoms with Crippen LogP contribution in [-0.4, -0.2) is 16.3 Å². The SMILES string of the molecule is Cn1nccc1CCNc1cccc(Br)c1. The van der Waals surface area contributed by atoms with E-state index >= 15 is 0 Å². The van der Waals surface area contributed by atoms with E-state index in [0.717, 1.165) is 23.1 Å². The molecule has 0 radical (unpaired) electrons. The molecule has 1 heterocycles. The third-order valence-electron chi connectivity index (χ3n) is 2.46. The fourth-order valence-electron chi connectivity index (χ4n) is 1.58. The van der Waals surface area contributed by atoms with Gasteiger partial charge in [-0.3, -0.25) is 4.68 Å². The molecule has 0 fully saturated rings. The van der Waals surface area contributed by atoms with E-state index < -0.39 is 0 Å². The zero-order chi connectivity index (χ0) is 11.4. The standard InChI is InChI=1S/C12H14BrN3/c1-16-12(6-8-15-16)5-7-14-11-4-2-3-10(13)9-11/h2-4,6,8-9,14H,5,7H2,1H3. The molecule has 0 amide bonds. The molecule has 2 rings (SSSR count). The summed E-state index contributed by atoms with van der Waals surface area (Å²) >= 11 is 3.45. The Morgan fingerprint density at radius 1 is 1.38 bits per heavy atom. The summed E-state index contributed by atoms with van der Waals surface area (Å²) in [4.78, 5) is 0. The van der Waals surface area contributed by atoms with E-state index in [1.54, 1.807) is 0 Å². The zero-order valence-corrected chi connectivity index (χ0v) is 10.7. The second-order valence-corrected chi connectivity index (χ2v) is 4.55. The number of rotatable bonds is 4. The lowest BCUT2D eigenvalue weighted by atomic mass is 10.3. The Bertz CT molecular complexity index is 465. The predicted octanol–water partition coefficient (Wildman–Crippen LogP) is 2.84. The average molecular weight is 280 g/mol. The summed E-state index contributed by atoms with van der Waals surface area (Å²) in [7, 11) is 1.97. The summed E-state index contributed by atoms with van der Waals surface area (Å²) in [6, 6.07) is 10.2. The van der Waals surface area contributed by atoms with E-state index in [9.17, 15) is 0 Å². The lowest BCUT2D eigenvalue weighted by Gasteiger charge is -2.06. The fraction of sp³-hybridized carbons (Fsp3) is 0.250. The van der Waals surface area contributed by atoms with Crippen molar-refractivity contribution in [2.45, 2.75) is 6.42 Å². The fourth-order valence-corrected chi connectivity index (χ4v) is 1.98. The van der Waals surface area contributed by atoms with Gasteiger partial charge in [0.05, 0.1) is 0 Å². The lowest BCUT2D eigenvalue weighted by Crippen LogP contribution is -2.08. The van der Waals surface area contributed by atoms with Crippen LogP contribution < -0.4 is 5.32 Å². The number of hydrogen-bond donors (Lipinski definition) is 1. The maximum Gasteiger partial charge on any atom is 0.0492 e. The minimum absolute atomic E-state index is 0.913. The van der Waals surface area contributed by atoms with E-state index in [-0.39, 0.29) is 0 Å². The third-order valence-corrected chi connectivity index (χ3v) is 2.95. The van der Waals surface area contributed by atoms with Crippen molar-refractivity contribution in [1.29, 1.82) is 0 Å². The van der Waals surface area contributed by atoms with Crippen LogP contribution in [0.4, 0.5) is 5.69 Å². The van der Waals surface area contributed by atoms with E-state index in [1.165, 1.54) is 5.69 Å². The van der Waals surface area contributed by atoms with Gasteiger partial charge < -0.3 is 5.32 Å². The van der Waals surface area contributed by atoms with Gasteiger partial charge in [0.1, 0.15) is 0 Å². The Labute approximate surface area is 104 Å². The minimum atomic E-state index is 0.913. The number of hydrogen-bond acceptors (Lipinski definition) is 2. The van der Waals surface area contributed by atoms with Gasteiger partial charge in [-0.1, -0.05) is 22.0 Å². The molecule has 0 aliphatic rings. The summed E-state index contributed by atoms with van der Waals surface area (Å²) in [5, 5.41) is 7.52. The molecule has 3 nitrogen and oxygen atoms in total. The molecular weight excluding hydrogens is 266 g/mol. The van der Waals surface area contributed by atoms with E-state index in [0.29, 0.717) is 0 Å². The minimum Gasteiger partial charge on any atom is -0.385 e. The van der Waals surface area contributed by atoms with Crippen LogP contribution in [0.25, 0.3) is 0 Å². The highest BCUT2D eigenvalue weighted by Crippen LogP contribution is 2.15. The molecule has 0 saturated heterocycles. The number of nitrogens with one attached hydrogen (secondary N) is 1. The average Bonchev–Trinajstić information content (AvgIpc) is 2.65. The number of anilines is 1. The Balaban J connectivity index is 1.87. The van der Waals surface area contributed by atoms with Crippen molar-refractivity contribution in [1.82, 2.24) is 9.78 Å². The van der Waals surface area contributed by atoms with Crippen molar-refractivity contribution in [2.24, 2.45) is 7.05 Å². The Morgan fingerprint density at radius 2 is 2.25 bits per heavy atom. The molecule has 1 aromatic carbocycles. The molecule has 84 valence electrons. The quantitative estimate of drug-likeness (QED) is 0.933. The number of aromatic nitrogens is 2. The van der Waals surface area contributed by atoms with Crippen molar-refractivity contribution in [3.05, 3.63) is 46.7 Å². The van der Waals surface area contributed by atoms with Crippen LogP contribution in [0, 0.1) is 0 Å². The van der Waals surface area contributed by atoms with Crippen LogP contribution in [-0.2, 0) is 13.5 Å². The van der Waals surface area contributed by atoms with Crippen LogP contribution in [0.2, 0.25) is 0 Å². The van der Waals surface area contributed by atoms with Crippen LogP contribution in [0.5, 0.6) is 0 Å². The molecule has 0 unspecified atom stereocenters. The number of benzene rings is 1. The molecule has 0 spiro atoms. The van der Waals surface area contributed by atoms with Gasteiger partial charge in [-0.15, -0.1) is 0 Å². The van der Waals surface area contributed by atoms with E-state index in [1.807, 2.05) is 36.1 Å². The second kappa shape index (κ2) is 5.16. The maximum absolute atomic E-state index is 4.14. The Hall–Kier alpha value is -1.29. The summed E-state index contributed by atoms with van der Waals surface area (Å²) in [5.74, 6) is 0. The van der Waals surface area contributed by atoms with Gasteiger partial charge >= 0.3 is 0 Å². The number of nitrogens with zero attached hydrogens (tertiary/aromatic N) is 2. The second-order valence-electron chi connectivity index (χ2n) is 3.63. The third kappa shape index (κ3) is 2.85. The van der Waals surface area contributed by atoms with Crippen molar-refractivity contribution >= 4 is 21.6 Å². The largest absolute Gasteiger partial charge is 0.385 e. The summed E-state index contributed by atoms with van der Waals surface area (Å²) in [6.07, 6.45) is 2.80. The van der Waals surface area contributed by atoms with Gasteiger partial charge in [0, 0.05) is 42.1 Å². The maximum atomic E-state index is 4.14. The molecule has 2 aromatic rings. The van der Waals surface area contributed by atoms with Gasteiger partial charge in [-0.2, -0.15) is 5.10 Å². The lowest BCUT2D eigenvalue weighted by molar-refractivity contribution is 0.711. The van der Waals surface area contributed by atoms with Gasteiger partial charge in [-0.05, 0) is 24.3 Å². The van der Waals surface area contributed by atoms with Crippen LogP contribution >= 0.6 is 15.9 Å². The number of halogens is 1. The van der Waals surface area contributed by atoms with Gasteiger partial charge in [0.25, 0.3) is 0 Å². The van der Waals surface area contributed by atoms with Crippen molar-refractivity contribution < 1.29 is 0 Å². The Kier molecular flexibility index (Phi) is 3.62. The van der Waals surface area contributed by atoms with E-state index in [2.05, 4.69) is 38.5 Å². The first-order chi connectivity index (χ1) is 7.75. The van der Waals surface area contributed by atoms with Gasteiger partial charge in [-0.25, -0.2) is 0 Å². The first-order valence-corrected chi connectivity index (χ1v) is 6.01. The predicted molar refractivity (Wildman–Crippen MR) is 69.5 cm³/mol. The Morgan fingerprint density at radius 3 is 2.94 bits per heavy atom. The van der Waals surface area contributed by atoms with Crippen LogP contribution in [0.3, 0.4) is 0 Å². The molecule has 0 saturated carbocycles. The highest BCUT2D eigenvalue weighted by atomic mass is 79.9. The molecule has 0 atom stereocenters. The molecule has 1 aromatic heterocycles. The monoisotopic (exact) mass is 279 g/mol. The highest BCUT2D eigenvalue weighted by Gasteiger charge is 1.98. The zero-order valence-electron chi connectivity index (χ0n) is 9.15. The summed E-state index contributed by atoms with van der Waals surface area (Å²) < 4.78 is 3.00. The smallest absolute Gasteiger partial charge is 0.0492 e. The van der Waals surface area contributed by atoms with Gasteiger partial charge in [0.2, 0.25) is 0 Å². The summed E-state index contributed by atoms with van der Waals surface area (Å²) in [5.41, 5.74) is 2.37. The molecule has 0 aliphatic carbocycles. The molecule has 0 aliphatic heterocycles.